The minimum Gasteiger partial charge on any atom is -0.341 e. The highest BCUT2D eigenvalue weighted by molar-refractivity contribution is 8.01. The molecule has 4 unspecified atom stereocenters. The predicted octanol–water partition coefficient (Wildman–Crippen LogP) is 2.20. The zero-order valence-electron chi connectivity index (χ0n) is 14.2. The van der Waals surface area contributed by atoms with E-state index in [1.165, 1.54) is 16.7 Å². The highest BCUT2D eigenvalue weighted by atomic mass is 32.2. The van der Waals surface area contributed by atoms with Crippen molar-refractivity contribution in [1.29, 1.82) is 0 Å². The van der Waals surface area contributed by atoms with Crippen LogP contribution in [0.1, 0.15) is 35.4 Å². The molecule has 2 heterocycles. The summed E-state index contributed by atoms with van der Waals surface area (Å²) in [5.74, 6) is 0.752. The fraction of sp³-hybridized carbons (Fsp3) is 0.611. The maximum absolute atomic E-state index is 12.9. The monoisotopic (exact) mass is 333 g/mol. The second-order valence-corrected chi connectivity index (χ2v) is 8.18. The first kappa shape index (κ1) is 16.8. The third-order valence-electron chi connectivity index (χ3n) is 5.03. The highest BCUT2D eigenvalue weighted by Gasteiger charge is 2.40. The highest BCUT2D eigenvalue weighted by Crippen LogP contribution is 2.40. The Balaban J connectivity index is 1.70. The second kappa shape index (κ2) is 6.83. The average Bonchev–Trinajstić information content (AvgIpc) is 3.13. The molecule has 4 nitrogen and oxygen atoms in total. The molecule has 0 bridgehead atoms. The number of hydrogen-bond acceptors (Lipinski definition) is 4. The van der Waals surface area contributed by atoms with E-state index in [-0.39, 0.29) is 22.6 Å². The third-order valence-corrected chi connectivity index (χ3v) is 6.60. The van der Waals surface area contributed by atoms with Crippen molar-refractivity contribution in [3.8, 4) is 0 Å². The minimum atomic E-state index is -0.00257. The third kappa shape index (κ3) is 3.42. The van der Waals surface area contributed by atoms with Crippen molar-refractivity contribution in [2.45, 2.75) is 43.9 Å². The zero-order valence-corrected chi connectivity index (χ0v) is 15.0. The van der Waals surface area contributed by atoms with Gasteiger partial charge in [-0.25, -0.2) is 0 Å². The molecule has 0 saturated carbocycles. The summed E-state index contributed by atoms with van der Waals surface area (Å²) >= 11 is 1.76. The molecule has 0 aliphatic carbocycles. The van der Waals surface area contributed by atoms with Gasteiger partial charge in [0.2, 0.25) is 5.91 Å². The number of carbonyl (C=O) groups excluding carboxylic acids is 1. The number of amides is 1. The molecular formula is C18H27N3OS. The molecule has 126 valence electrons. The second-order valence-electron chi connectivity index (χ2n) is 6.93. The van der Waals surface area contributed by atoms with E-state index in [4.69, 9.17) is 5.73 Å². The molecule has 2 fully saturated rings. The maximum Gasteiger partial charge on any atom is 0.237 e. The number of aryl methyl sites for hydroxylation is 2. The molecule has 0 aromatic heterocycles. The number of thioether (sulfide) groups is 1. The van der Waals surface area contributed by atoms with Crippen LogP contribution in [0, 0.1) is 19.8 Å². The van der Waals surface area contributed by atoms with Crippen molar-refractivity contribution in [1.82, 2.24) is 10.2 Å². The summed E-state index contributed by atoms with van der Waals surface area (Å²) < 4.78 is 0. The lowest BCUT2D eigenvalue weighted by Gasteiger charge is -2.22. The topological polar surface area (TPSA) is 58.4 Å². The van der Waals surface area contributed by atoms with E-state index in [9.17, 15) is 4.79 Å². The van der Waals surface area contributed by atoms with Crippen LogP contribution < -0.4 is 11.1 Å². The van der Waals surface area contributed by atoms with Crippen molar-refractivity contribution in [2.24, 2.45) is 11.7 Å². The van der Waals surface area contributed by atoms with Crippen LogP contribution in [-0.4, -0.2) is 41.7 Å². The Morgan fingerprint density at radius 3 is 2.87 bits per heavy atom. The van der Waals surface area contributed by atoms with Gasteiger partial charge in [0.25, 0.3) is 0 Å². The lowest BCUT2D eigenvalue weighted by molar-refractivity contribution is -0.129. The summed E-state index contributed by atoms with van der Waals surface area (Å²) in [6, 6.07) is 6.74. The van der Waals surface area contributed by atoms with Gasteiger partial charge >= 0.3 is 0 Å². The molecule has 1 aromatic rings. The molecule has 0 spiro atoms. The molecule has 4 atom stereocenters. The first-order valence-corrected chi connectivity index (χ1v) is 9.41. The van der Waals surface area contributed by atoms with Gasteiger partial charge in [-0.2, -0.15) is 0 Å². The van der Waals surface area contributed by atoms with E-state index in [1.807, 2.05) is 4.90 Å². The van der Waals surface area contributed by atoms with Gasteiger partial charge in [-0.15, -0.1) is 11.8 Å². The summed E-state index contributed by atoms with van der Waals surface area (Å²) in [4.78, 5) is 14.9. The molecule has 2 aliphatic rings. The van der Waals surface area contributed by atoms with Gasteiger partial charge in [0.1, 0.15) is 5.25 Å². The van der Waals surface area contributed by atoms with Crippen molar-refractivity contribution >= 4 is 17.7 Å². The molecule has 2 aliphatic heterocycles. The molecule has 3 rings (SSSR count). The van der Waals surface area contributed by atoms with Gasteiger partial charge in [-0.05, 0) is 50.8 Å². The molecule has 1 aromatic carbocycles. The largest absolute Gasteiger partial charge is 0.341 e. The van der Waals surface area contributed by atoms with Crippen LogP contribution >= 0.6 is 11.8 Å². The predicted molar refractivity (Wildman–Crippen MR) is 96.4 cm³/mol. The van der Waals surface area contributed by atoms with Gasteiger partial charge in [0, 0.05) is 19.1 Å². The first-order valence-electron chi connectivity index (χ1n) is 8.47. The summed E-state index contributed by atoms with van der Waals surface area (Å²) in [6.45, 7) is 8.75. The lowest BCUT2D eigenvalue weighted by atomic mass is 10.1. The smallest absolute Gasteiger partial charge is 0.237 e. The summed E-state index contributed by atoms with van der Waals surface area (Å²) in [5, 5.41) is 3.80. The molecule has 3 N–H and O–H groups in total. The van der Waals surface area contributed by atoms with E-state index in [1.54, 1.807) is 11.8 Å². The Hall–Kier alpha value is -1.04. The van der Waals surface area contributed by atoms with Crippen molar-refractivity contribution < 1.29 is 4.79 Å². The maximum atomic E-state index is 12.9. The quantitative estimate of drug-likeness (QED) is 0.890. The number of benzene rings is 1. The van der Waals surface area contributed by atoms with Crippen molar-refractivity contribution in [3.63, 3.8) is 0 Å². The van der Waals surface area contributed by atoms with Gasteiger partial charge < -0.3 is 10.6 Å². The summed E-state index contributed by atoms with van der Waals surface area (Å²) in [7, 11) is 0. The Morgan fingerprint density at radius 1 is 1.43 bits per heavy atom. The van der Waals surface area contributed by atoms with E-state index in [2.05, 4.69) is 44.3 Å². The van der Waals surface area contributed by atoms with E-state index in [0.29, 0.717) is 12.5 Å². The zero-order chi connectivity index (χ0) is 16.6. The Labute approximate surface area is 143 Å². The van der Waals surface area contributed by atoms with Crippen molar-refractivity contribution in [3.05, 3.63) is 34.9 Å². The Bertz CT molecular complexity index is 592. The van der Waals surface area contributed by atoms with Crippen LogP contribution in [-0.2, 0) is 4.79 Å². The van der Waals surface area contributed by atoms with Crippen LogP contribution in [0.4, 0.5) is 0 Å². The van der Waals surface area contributed by atoms with Crippen LogP contribution in [0.3, 0.4) is 0 Å². The van der Waals surface area contributed by atoms with Crippen LogP contribution in [0.15, 0.2) is 18.2 Å². The number of nitrogens with one attached hydrogen (secondary N) is 1. The molecule has 23 heavy (non-hydrogen) atoms. The molecule has 2 saturated heterocycles. The van der Waals surface area contributed by atoms with Gasteiger partial charge in [0.15, 0.2) is 0 Å². The van der Waals surface area contributed by atoms with Crippen molar-refractivity contribution in [2.75, 3.05) is 19.6 Å². The number of carbonyl (C=O) groups is 1. The van der Waals surface area contributed by atoms with E-state index < -0.39 is 0 Å². The minimum absolute atomic E-state index is 0.00257. The van der Waals surface area contributed by atoms with Crippen LogP contribution in [0.5, 0.6) is 0 Å². The standard InChI is InChI=1S/C18H27N3OS/c1-11-4-5-15(12(2)8-11)17-20-13(3)16(23-17)18(22)21-7-6-14(9-19)10-21/h4-5,8,13-14,16-17,20H,6-7,9-10,19H2,1-3H3. The molecule has 0 radical (unpaired) electrons. The molecule has 5 heteroatoms. The number of likely N-dealkylation sites (tertiary alicyclic amines) is 1. The van der Waals surface area contributed by atoms with Gasteiger partial charge in [-0.3, -0.25) is 10.1 Å². The number of nitrogens with two attached hydrogens (primary N) is 1. The van der Waals surface area contributed by atoms with Gasteiger partial charge in [-0.1, -0.05) is 23.8 Å². The Kier molecular flexibility index (Phi) is 4.99. The average molecular weight is 334 g/mol. The Morgan fingerprint density at radius 2 is 2.22 bits per heavy atom. The van der Waals surface area contributed by atoms with E-state index in [0.717, 1.165) is 19.5 Å². The van der Waals surface area contributed by atoms with E-state index >= 15 is 0 Å². The number of rotatable bonds is 3. The lowest BCUT2D eigenvalue weighted by Crippen LogP contribution is -2.42. The SMILES string of the molecule is Cc1ccc(C2NC(C)C(C(=O)N3CCC(CN)C3)S2)c(C)c1. The van der Waals surface area contributed by atoms with Crippen LogP contribution in [0.2, 0.25) is 0 Å². The normalized spacial score (nSPS) is 30.9. The van der Waals surface area contributed by atoms with Crippen LogP contribution in [0.25, 0.3) is 0 Å². The summed E-state index contributed by atoms with van der Waals surface area (Å²) in [6.07, 6.45) is 1.04. The first-order chi connectivity index (χ1) is 11.0. The molecular weight excluding hydrogens is 306 g/mol. The summed E-state index contributed by atoms with van der Waals surface area (Å²) in [5.41, 5.74) is 9.61. The fourth-order valence-electron chi connectivity index (χ4n) is 3.59. The van der Waals surface area contributed by atoms with Gasteiger partial charge in [0.05, 0.1) is 5.37 Å². The number of nitrogens with zero attached hydrogens (tertiary/aromatic N) is 1. The fourth-order valence-corrected chi connectivity index (χ4v) is 5.17. The molecule has 1 amide bonds. The number of hydrogen-bond donors (Lipinski definition) is 2.